The Morgan fingerprint density at radius 2 is 1.49 bits per heavy atom. The number of ether oxygens (including phenoxy) is 1. The van der Waals surface area contributed by atoms with Crippen molar-refractivity contribution >= 4 is 17.8 Å². The van der Waals surface area contributed by atoms with E-state index in [2.05, 4.69) is 16.7 Å². The van der Waals surface area contributed by atoms with Crippen LogP contribution in [0.25, 0.3) is 0 Å². The molecular weight excluding hydrogens is 512 g/mol. The molecule has 0 aliphatic carbocycles. The van der Waals surface area contributed by atoms with Crippen LogP contribution >= 0.6 is 0 Å². The molecule has 0 saturated carbocycles. The third-order valence-corrected chi connectivity index (χ3v) is 7.46. The third kappa shape index (κ3) is 10.1. The van der Waals surface area contributed by atoms with Crippen molar-refractivity contribution in [1.82, 2.24) is 10.6 Å². The zero-order valence-electron chi connectivity index (χ0n) is 23.5. The molecule has 1 heterocycles. The fourth-order valence-electron chi connectivity index (χ4n) is 5.11. The second-order valence-electron chi connectivity index (χ2n) is 10.6. The smallest absolute Gasteiger partial charge is 0.309 e. The Morgan fingerprint density at radius 3 is 2.20 bits per heavy atom. The molecule has 0 fully saturated rings. The lowest BCUT2D eigenvalue weighted by Crippen LogP contribution is -2.39. The minimum atomic E-state index is -0.529. The number of carbonyl (C=O) groups is 3. The largest absolute Gasteiger partial charge is 0.463 e. The zero-order chi connectivity index (χ0) is 28.7. The standard InChI is InChI=1S/C35H40N2O4/c38-33(36-23-22-27-14-6-3-7-15-27)25-30-20-10-1-2-11-21-31(24-28-16-8-4-9-17-28)35(40)41-26-32(37-34(30)39)29-18-12-5-13-19-29/h1,3-10,12-19,30-32H,2,11,20-26H2,(H,36,38)(H,37,39)/b10-1-/t30-,31-,32-/m1/s1. The summed E-state index contributed by atoms with van der Waals surface area (Å²) < 4.78 is 5.85. The summed E-state index contributed by atoms with van der Waals surface area (Å²) in [5.41, 5.74) is 3.10. The number of rotatable bonds is 8. The van der Waals surface area contributed by atoms with Crippen molar-refractivity contribution < 1.29 is 19.1 Å². The van der Waals surface area contributed by atoms with Crippen molar-refractivity contribution in [2.75, 3.05) is 13.2 Å². The predicted octanol–water partition coefficient (Wildman–Crippen LogP) is 5.74. The molecule has 41 heavy (non-hydrogen) atoms. The highest BCUT2D eigenvalue weighted by molar-refractivity contribution is 5.86. The zero-order valence-corrected chi connectivity index (χ0v) is 23.5. The number of hydrogen-bond acceptors (Lipinski definition) is 4. The van der Waals surface area contributed by atoms with Crippen molar-refractivity contribution in [2.45, 2.75) is 51.0 Å². The van der Waals surface area contributed by atoms with Gasteiger partial charge in [-0.15, -0.1) is 0 Å². The molecule has 4 rings (SSSR count). The first-order valence-electron chi connectivity index (χ1n) is 14.6. The molecule has 2 amide bonds. The van der Waals surface area contributed by atoms with Gasteiger partial charge in [-0.1, -0.05) is 103 Å². The fourth-order valence-corrected chi connectivity index (χ4v) is 5.11. The normalized spacial score (nSPS) is 21.1. The van der Waals surface area contributed by atoms with Gasteiger partial charge in [0.15, 0.2) is 0 Å². The lowest BCUT2D eigenvalue weighted by atomic mass is 9.93. The molecule has 2 N–H and O–H groups in total. The highest BCUT2D eigenvalue weighted by Gasteiger charge is 2.27. The van der Waals surface area contributed by atoms with Crippen LogP contribution in [0.15, 0.2) is 103 Å². The van der Waals surface area contributed by atoms with Gasteiger partial charge in [0.2, 0.25) is 11.8 Å². The Morgan fingerprint density at radius 1 is 0.829 bits per heavy atom. The summed E-state index contributed by atoms with van der Waals surface area (Å²) in [6.45, 7) is 0.547. The molecule has 6 heteroatoms. The van der Waals surface area contributed by atoms with E-state index in [0.29, 0.717) is 25.8 Å². The quantitative estimate of drug-likeness (QED) is 0.276. The number of esters is 1. The van der Waals surface area contributed by atoms with Gasteiger partial charge in [-0.05, 0) is 55.2 Å². The number of allylic oxidation sites excluding steroid dienone is 2. The molecule has 1 aliphatic rings. The van der Waals surface area contributed by atoms with Crippen molar-refractivity contribution in [1.29, 1.82) is 0 Å². The Hall–Kier alpha value is -4.19. The van der Waals surface area contributed by atoms with E-state index >= 15 is 0 Å². The lowest BCUT2D eigenvalue weighted by molar-refractivity contribution is -0.150. The second kappa shape index (κ2) is 16.2. The molecule has 3 atom stereocenters. The SMILES string of the molecule is O=C(C[C@H]1C/C=C\CCC[C@H](Cc2ccccc2)C(=O)OC[C@H](c2ccccc2)NC1=O)NCCc1ccccc1. The van der Waals surface area contributed by atoms with Crippen LogP contribution in [0.3, 0.4) is 0 Å². The molecule has 3 aromatic carbocycles. The maximum absolute atomic E-state index is 13.5. The molecule has 0 unspecified atom stereocenters. The van der Waals surface area contributed by atoms with Gasteiger partial charge < -0.3 is 15.4 Å². The lowest BCUT2D eigenvalue weighted by Gasteiger charge is -2.24. The minimum absolute atomic E-state index is 0.0334. The second-order valence-corrected chi connectivity index (χ2v) is 10.6. The molecule has 0 bridgehead atoms. The molecule has 3 aromatic rings. The molecule has 0 saturated heterocycles. The van der Waals surface area contributed by atoms with Gasteiger partial charge in [0.1, 0.15) is 6.61 Å². The Balaban J connectivity index is 1.44. The molecular formula is C35H40N2O4. The van der Waals surface area contributed by atoms with E-state index < -0.39 is 12.0 Å². The summed E-state index contributed by atoms with van der Waals surface area (Å²) in [5.74, 6) is -1.41. The van der Waals surface area contributed by atoms with E-state index in [1.165, 1.54) is 0 Å². The predicted molar refractivity (Wildman–Crippen MR) is 161 cm³/mol. The van der Waals surface area contributed by atoms with Crippen LogP contribution in [0, 0.1) is 11.8 Å². The summed E-state index contributed by atoms with van der Waals surface area (Å²) in [6, 6.07) is 29.0. The summed E-state index contributed by atoms with van der Waals surface area (Å²) in [6.07, 6.45) is 8.30. The van der Waals surface area contributed by atoms with Gasteiger partial charge >= 0.3 is 5.97 Å². The van der Waals surface area contributed by atoms with Gasteiger partial charge in [-0.2, -0.15) is 0 Å². The first-order valence-corrected chi connectivity index (χ1v) is 14.6. The Bertz CT molecular complexity index is 1260. The van der Waals surface area contributed by atoms with E-state index in [-0.39, 0.29) is 36.7 Å². The average Bonchev–Trinajstić information content (AvgIpc) is 3.00. The third-order valence-electron chi connectivity index (χ3n) is 7.46. The number of amides is 2. The van der Waals surface area contributed by atoms with Gasteiger partial charge in [0.05, 0.1) is 17.9 Å². The minimum Gasteiger partial charge on any atom is -0.463 e. The van der Waals surface area contributed by atoms with Crippen molar-refractivity contribution in [2.24, 2.45) is 11.8 Å². The fraction of sp³-hybridized carbons (Fsp3) is 0.343. The van der Waals surface area contributed by atoms with Crippen molar-refractivity contribution in [3.05, 3.63) is 120 Å². The van der Waals surface area contributed by atoms with E-state index in [1.54, 1.807) is 0 Å². The topological polar surface area (TPSA) is 84.5 Å². The van der Waals surface area contributed by atoms with E-state index in [9.17, 15) is 14.4 Å². The Kier molecular flexibility index (Phi) is 11.7. The van der Waals surface area contributed by atoms with Crippen LogP contribution in [0.2, 0.25) is 0 Å². The summed E-state index contributed by atoms with van der Waals surface area (Å²) in [5, 5.41) is 6.04. The van der Waals surface area contributed by atoms with Crippen molar-refractivity contribution in [3.63, 3.8) is 0 Å². The number of cyclic esters (lactones) is 1. The van der Waals surface area contributed by atoms with Crippen LogP contribution in [0.4, 0.5) is 0 Å². The molecule has 214 valence electrons. The number of benzene rings is 3. The van der Waals surface area contributed by atoms with Gasteiger partial charge in [0, 0.05) is 13.0 Å². The van der Waals surface area contributed by atoms with E-state index in [0.717, 1.165) is 36.0 Å². The van der Waals surface area contributed by atoms with Crippen LogP contribution in [0.5, 0.6) is 0 Å². The average molecular weight is 553 g/mol. The summed E-state index contributed by atoms with van der Waals surface area (Å²) >= 11 is 0. The molecule has 0 aromatic heterocycles. The van der Waals surface area contributed by atoms with Gasteiger partial charge in [-0.3, -0.25) is 14.4 Å². The first kappa shape index (κ1) is 29.8. The molecule has 1 aliphatic heterocycles. The van der Waals surface area contributed by atoms with Gasteiger partial charge in [0.25, 0.3) is 0 Å². The summed E-state index contributed by atoms with van der Waals surface area (Å²) in [7, 11) is 0. The molecule has 6 nitrogen and oxygen atoms in total. The number of nitrogens with one attached hydrogen (secondary N) is 2. The Labute approximate surface area is 243 Å². The maximum Gasteiger partial charge on any atom is 0.309 e. The van der Waals surface area contributed by atoms with Gasteiger partial charge in [-0.25, -0.2) is 0 Å². The number of hydrogen-bond donors (Lipinski definition) is 2. The maximum atomic E-state index is 13.5. The highest BCUT2D eigenvalue weighted by atomic mass is 16.5. The molecule has 0 spiro atoms. The van der Waals surface area contributed by atoms with Crippen LogP contribution < -0.4 is 10.6 Å². The van der Waals surface area contributed by atoms with E-state index in [1.807, 2.05) is 97.1 Å². The summed E-state index contributed by atoms with van der Waals surface area (Å²) in [4.78, 5) is 39.6. The highest BCUT2D eigenvalue weighted by Crippen LogP contribution is 2.22. The number of carbonyl (C=O) groups excluding carboxylic acids is 3. The first-order chi connectivity index (χ1) is 20.1. The molecule has 0 radical (unpaired) electrons. The van der Waals surface area contributed by atoms with Crippen molar-refractivity contribution in [3.8, 4) is 0 Å². The van der Waals surface area contributed by atoms with E-state index in [4.69, 9.17) is 4.74 Å². The van der Waals surface area contributed by atoms with Crippen LogP contribution in [-0.4, -0.2) is 30.9 Å². The van der Waals surface area contributed by atoms with Crippen LogP contribution in [-0.2, 0) is 32.0 Å². The monoisotopic (exact) mass is 552 g/mol. The van der Waals surface area contributed by atoms with Crippen LogP contribution in [0.1, 0.15) is 54.8 Å².